The second-order valence-electron chi connectivity index (χ2n) is 5.07. The highest BCUT2D eigenvalue weighted by molar-refractivity contribution is 7.15. The Morgan fingerprint density at radius 3 is 2.83 bits per heavy atom. The first-order chi connectivity index (χ1) is 11.1. The molecule has 0 aliphatic rings. The van der Waals surface area contributed by atoms with Crippen molar-refractivity contribution in [1.82, 2.24) is 10.2 Å². The van der Waals surface area contributed by atoms with Gasteiger partial charge in [0.05, 0.1) is 11.3 Å². The molecule has 0 atom stereocenters. The summed E-state index contributed by atoms with van der Waals surface area (Å²) in [5.74, 6) is -0.337. The van der Waals surface area contributed by atoms with Crippen LogP contribution in [-0.4, -0.2) is 21.0 Å². The minimum atomic E-state index is -0.487. The van der Waals surface area contributed by atoms with Crippen LogP contribution in [0.25, 0.3) is 0 Å². The quantitative estimate of drug-likeness (QED) is 0.453. The molecule has 2 rings (SSSR count). The highest BCUT2D eigenvalue weighted by atomic mass is 32.1. The molecule has 1 amide bonds. The number of hydrogen-bond donors (Lipinski definition) is 1. The van der Waals surface area contributed by atoms with Crippen LogP contribution in [0, 0.1) is 10.1 Å². The third kappa shape index (κ3) is 5.10. The van der Waals surface area contributed by atoms with E-state index in [1.54, 1.807) is 18.2 Å². The molecular formula is C15H18N4O3S. The summed E-state index contributed by atoms with van der Waals surface area (Å²) in [6.45, 7) is 2.13. The number of nitrogens with one attached hydrogen (secondary N) is 1. The third-order valence-electron chi connectivity index (χ3n) is 3.25. The van der Waals surface area contributed by atoms with E-state index in [0.717, 1.165) is 30.7 Å². The lowest BCUT2D eigenvalue weighted by Crippen LogP contribution is -2.15. The first kappa shape index (κ1) is 17.0. The van der Waals surface area contributed by atoms with E-state index in [1.165, 1.54) is 17.4 Å². The summed E-state index contributed by atoms with van der Waals surface area (Å²) in [5, 5.41) is 22.9. The zero-order valence-corrected chi connectivity index (χ0v) is 13.6. The summed E-state index contributed by atoms with van der Waals surface area (Å²) in [5.41, 5.74) is 0.322. The smallest absolute Gasteiger partial charge is 0.273 e. The topological polar surface area (TPSA) is 98.0 Å². The van der Waals surface area contributed by atoms with Gasteiger partial charge in [0.25, 0.3) is 5.69 Å². The fraction of sp³-hybridized carbons (Fsp3) is 0.400. The lowest BCUT2D eigenvalue weighted by Gasteiger charge is -2.02. The molecule has 1 aromatic heterocycles. The molecule has 0 radical (unpaired) electrons. The Morgan fingerprint density at radius 1 is 1.30 bits per heavy atom. The Kier molecular flexibility index (Phi) is 6.16. The second kappa shape index (κ2) is 8.33. The molecule has 0 aliphatic heterocycles. The van der Waals surface area contributed by atoms with E-state index in [1.807, 2.05) is 0 Å². The third-order valence-corrected chi connectivity index (χ3v) is 4.15. The fourth-order valence-corrected chi connectivity index (χ4v) is 2.90. The van der Waals surface area contributed by atoms with Crippen LogP contribution in [0.3, 0.4) is 0 Å². The number of hydrogen-bond acceptors (Lipinski definition) is 6. The van der Waals surface area contributed by atoms with Crippen molar-refractivity contribution in [3.05, 3.63) is 45.0 Å². The van der Waals surface area contributed by atoms with Crippen molar-refractivity contribution in [1.29, 1.82) is 0 Å². The molecular weight excluding hydrogens is 316 g/mol. The monoisotopic (exact) mass is 334 g/mol. The number of amides is 1. The Balaban J connectivity index is 1.94. The van der Waals surface area contributed by atoms with Gasteiger partial charge >= 0.3 is 0 Å². The summed E-state index contributed by atoms with van der Waals surface area (Å²) in [6, 6.07) is 6.21. The van der Waals surface area contributed by atoms with Crippen molar-refractivity contribution in [3.8, 4) is 0 Å². The molecule has 7 nitrogen and oxygen atoms in total. The normalized spacial score (nSPS) is 10.5. The highest BCUT2D eigenvalue weighted by Gasteiger charge is 2.16. The number of unbranched alkanes of at least 4 members (excludes halogenated alkanes) is 2. The number of aryl methyl sites for hydroxylation is 1. The molecule has 0 unspecified atom stereocenters. The molecule has 2 aromatic rings. The van der Waals surface area contributed by atoms with E-state index in [4.69, 9.17) is 0 Å². The van der Waals surface area contributed by atoms with Gasteiger partial charge in [-0.15, -0.1) is 10.2 Å². The lowest BCUT2D eigenvalue weighted by atomic mass is 10.1. The van der Waals surface area contributed by atoms with Gasteiger partial charge in [-0.1, -0.05) is 49.3 Å². The lowest BCUT2D eigenvalue weighted by molar-refractivity contribution is -0.385. The van der Waals surface area contributed by atoms with Crippen molar-refractivity contribution >= 4 is 28.1 Å². The van der Waals surface area contributed by atoms with E-state index in [9.17, 15) is 14.9 Å². The van der Waals surface area contributed by atoms with Gasteiger partial charge in [0.15, 0.2) is 0 Å². The summed E-state index contributed by atoms with van der Waals surface area (Å²) in [6.07, 6.45) is 4.11. The molecule has 0 bridgehead atoms. The number of para-hydroxylation sites is 1. The van der Waals surface area contributed by atoms with Gasteiger partial charge in [0.1, 0.15) is 5.01 Å². The zero-order valence-electron chi connectivity index (χ0n) is 12.8. The molecule has 0 saturated carbocycles. The van der Waals surface area contributed by atoms with Crippen LogP contribution >= 0.6 is 11.3 Å². The number of nitrogens with zero attached hydrogens (tertiary/aromatic N) is 3. The van der Waals surface area contributed by atoms with E-state index in [0.29, 0.717) is 10.7 Å². The molecule has 122 valence electrons. The first-order valence-corrected chi connectivity index (χ1v) is 8.26. The molecule has 0 fully saturated rings. The van der Waals surface area contributed by atoms with Gasteiger partial charge in [0, 0.05) is 18.1 Å². The number of carbonyl (C=O) groups is 1. The Bertz CT molecular complexity index is 687. The van der Waals surface area contributed by atoms with Crippen LogP contribution in [0.2, 0.25) is 0 Å². The predicted octanol–water partition coefficient (Wildman–Crippen LogP) is 3.36. The van der Waals surface area contributed by atoms with Gasteiger partial charge < -0.3 is 5.32 Å². The summed E-state index contributed by atoms with van der Waals surface area (Å²) in [7, 11) is 0. The van der Waals surface area contributed by atoms with Crippen LogP contribution in [0.15, 0.2) is 24.3 Å². The molecule has 0 aliphatic carbocycles. The fourth-order valence-electron chi connectivity index (χ4n) is 2.11. The van der Waals surface area contributed by atoms with Crippen LogP contribution in [-0.2, 0) is 17.6 Å². The van der Waals surface area contributed by atoms with Gasteiger partial charge in [-0.25, -0.2) is 0 Å². The number of carbonyl (C=O) groups excluding carboxylic acids is 1. The van der Waals surface area contributed by atoms with Gasteiger partial charge in [0.2, 0.25) is 11.0 Å². The first-order valence-electron chi connectivity index (χ1n) is 7.44. The molecule has 1 N–H and O–H groups in total. The minimum Gasteiger partial charge on any atom is -0.300 e. The van der Waals surface area contributed by atoms with E-state index >= 15 is 0 Å². The summed E-state index contributed by atoms with van der Waals surface area (Å²) in [4.78, 5) is 22.5. The number of aromatic nitrogens is 2. The number of rotatable bonds is 8. The molecule has 1 heterocycles. The summed E-state index contributed by atoms with van der Waals surface area (Å²) < 4.78 is 0. The van der Waals surface area contributed by atoms with E-state index < -0.39 is 4.92 Å². The van der Waals surface area contributed by atoms with Crippen molar-refractivity contribution in [3.63, 3.8) is 0 Å². The van der Waals surface area contributed by atoms with Gasteiger partial charge in [-0.05, 0) is 6.42 Å². The predicted molar refractivity (Wildman–Crippen MR) is 88.6 cm³/mol. The average molecular weight is 334 g/mol. The zero-order chi connectivity index (χ0) is 16.7. The number of anilines is 1. The summed E-state index contributed by atoms with van der Waals surface area (Å²) >= 11 is 1.34. The number of nitro groups is 1. The van der Waals surface area contributed by atoms with Crippen LogP contribution in [0.1, 0.15) is 36.8 Å². The van der Waals surface area contributed by atoms with Crippen molar-refractivity contribution in [2.75, 3.05) is 5.32 Å². The van der Waals surface area contributed by atoms with Gasteiger partial charge in [-0.2, -0.15) is 0 Å². The molecule has 1 aromatic carbocycles. The molecule has 8 heteroatoms. The van der Waals surface area contributed by atoms with Crippen molar-refractivity contribution < 1.29 is 9.72 Å². The highest BCUT2D eigenvalue weighted by Crippen LogP contribution is 2.20. The molecule has 0 spiro atoms. The number of benzene rings is 1. The van der Waals surface area contributed by atoms with E-state index in [2.05, 4.69) is 22.4 Å². The van der Waals surface area contributed by atoms with Crippen LogP contribution in [0.4, 0.5) is 10.8 Å². The Hall–Kier alpha value is -2.35. The Morgan fingerprint density at radius 2 is 2.09 bits per heavy atom. The van der Waals surface area contributed by atoms with Crippen LogP contribution < -0.4 is 5.32 Å². The molecule has 0 saturated heterocycles. The van der Waals surface area contributed by atoms with Crippen LogP contribution in [0.5, 0.6) is 0 Å². The van der Waals surface area contributed by atoms with Crippen molar-refractivity contribution in [2.45, 2.75) is 39.0 Å². The standard InChI is InChI=1S/C15H18N4O3S/c1-2-3-4-9-14-17-18-15(23-14)16-13(20)10-11-7-5-6-8-12(11)19(21)22/h5-8H,2-4,9-10H2,1H3,(H,16,18,20). The number of nitro benzene ring substituents is 1. The largest absolute Gasteiger partial charge is 0.300 e. The second-order valence-corrected chi connectivity index (χ2v) is 6.13. The van der Waals surface area contributed by atoms with E-state index in [-0.39, 0.29) is 18.0 Å². The van der Waals surface area contributed by atoms with Crippen molar-refractivity contribution in [2.24, 2.45) is 0 Å². The SMILES string of the molecule is CCCCCc1nnc(NC(=O)Cc2ccccc2[N+](=O)[O-])s1. The molecule has 23 heavy (non-hydrogen) atoms. The minimum absolute atomic E-state index is 0.0554. The average Bonchev–Trinajstić information content (AvgIpc) is 2.95. The van der Waals surface area contributed by atoms with Gasteiger partial charge in [-0.3, -0.25) is 14.9 Å². The maximum Gasteiger partial charge on any atom is 0.273 e. The maximum atomic E-state index is 12.0. The maximum absolute atomic E-state index is 12.0. The Labute approximate surface area is 137 Å².